The maximum Gasteiger partial charge on any atom is 0.205 e. The van der Waals surface area contributed by atoms with E-state index in [0.717, 1.165) is 0 Å². The molecule has 0 unspecified atom stereocenters. The minimum atomic E-state index is -0.524. The molecule has 0 aliphatic rings. The molecule has 4 heteroatoms. The van der Waals surface area contributed by atoms with Crippen LogP contribution < -0.4 is 5.43 Å². The van der Waals surface area contributed by atoms with E-state index in [4.69, 9.17) is 4.42 Å². The number of carbonyl (C=O) groups excluding carboxylic acids is 2. The fourth-order valence-corrected chi connectivity index (χ4v) is 3.91. The Kier molecular flexibility index (Phi) is 5.25. The van der Waals surface area contributed by atoms with E-state index in [9.17, 15) is 14.4 Å². The van der Waals surface area contributed by atoms with E-state index in [1.807, 2.05) is 24.3 Å². The summed E-state index contributed by atoms with van der Waals surface area (Å²) in [6.45, 7) is 0. The molecule has 4 nitrogen and oxygen atoms in total. The van der Waals surface area contributed by atoms with Gasteiger partial charge in [-0.15, -0.1) is 0 Å². The summed E-state index contributed by atoms with van der Waals surface area (Å²) in [4.78, 5) is 40.6. The molecular weight excluding hydrogens is 412 g/mol. The van der Waals surface area contributed by atoms with Gasteiger partial charge in [0.1, 0.15) is 16.9 Å². The normalized spacial score (nSPS) is 10.8. The second-order valence-electron chi connectivity index (χ2n) is 7.57. The zero-order valence-corrected chi connectivity index (χ0v) is 17.5. The quantitative estimate of drug-likeness (QED) is 0.325. The van der Waals surface area contributed by atoms with Crippen LogP contribution >= 0.6 is 0 Å². The molecule has 0 saturated carbocycles. The zero-order chi connectivity index (χ0) is 22.8. The summed E-state index contributed by atoms with van der Waals surface area (Å²) in [5.74, 6) is -0.572. The molecule has 0 amide bonds. The van der Waals surface area contributed by atoms with E-state index in [-0.39, 0.29) is 33.6 Å². The third-order valence-electron chi connectivity index (χ3n) is 5.50. The summed E-state index contributed by atoms with van der Waals surface area (Å²) < 4.78 is 6.16. The van der Waals surface area contributed by atoms with E-state index in [1.165, 1.54) is 0 Å². The molecule has 0 aliphatic carbocycles. The van der Waals surface area contributed by atoms with Crippen LogP contribution in [0.5, 0.6) is 0 Å². The Labute approximate surface area is 189 Å². The summed E-state index contributed by atoms with van der Waals surface area (Å²) in [7, 11) is 0. The second-order valence-corrected chi connectivity index (χ2v) is 7.57. The first-order chi connectivity index (χ1) is 16.1. The zero-order valence-electron chi connectivity index (χ0n) is 17.5. The molecule has 1 heterocycles. The summed E-state index contributed by atoms with van der Waals surface area (Å²) in [5.41, 5.74) is 1.27. The van der Waals surface area contributed by atoms with Crippen LogP contribution in [0.2, 0.25) is 0 Å². The molecule has 0 saturated heterocycles. The van der Waals surface area contributed by atoms with Gasteiger partial charge in [-0.05, 0) is 6.07 Å². The van der Waals surface area contributed by atoms with Crippen molar-refractivity contribution in [2.24, 2.45) is 0 Å². The summed E-state index contributed by atoms with van der Waals surface area (Å²) >= 11 is 0. The van der Waals surface area contributed by atoms with Crippen molar-refractivity contribution in [3.05, 3.63) is 142 Å². The molecule has 0 radical (unpaired) electrons. The van der Waals surface area contributed by atoms with Crippen molar-refractivity contribution in [1.29, 1.82) is 0 Å². The third-order valence-corrected chi connectivity index (χ3v) is 5.50. The van der Waals surface area contributed by atoms with E-state index in [0.29, 0.717) is 16.7 Å². The molecule has 0 spiro atoms. The molecule has 158 valence electrons. The minimum Gasteiger partial charge on any atom is -0.455 e. The molecule has 5 aromatic rings. The predicted molar refractivity (Wildman–Crippen MR) is 128 cm³/mol. The highest BCUT2D eigenvalue weighted by Gasteiger charge is 2.26. The molecule has 0 atom stereocenters. The molecule has 0 fully saturated rings. The Morgan fingerprint density at radius 2 is 1.12 bits per heavy atom. The number of fused-ring (bicyclic) bond motifs is 1. The van der Waals surface area contributed by atoms with Crippen molar-refractivity contribution in [2.45, 2.75) is 0 Å². The van der Waals surface area contributed by atoms with Gasteiger partial charge in [0.25, 0.3) is 0 Å². The van der Waals surface area contributed by atoms with Crippen molar-refractivity contribution < 1.29 is 14.0 Å². The standard InChI is InChI=1S/C29H18O4/c30-26(19-11-4-1-5-12-19)22-17-10-18-23-24(22)28(32)25(27(31)20-13-6-2-7-14-20)29(33-23)21-15-8-3-9-16-21/h1-18H. The van der Waals surface area contributed by atoms with Crippen molar-refractivity contribution in [3.63, 3.8) is 0 Å². The topological polar surface area (TPSA) is 64.3 Å². The van der Waals surface area contributed by atoms with E-state index < -0.39 is 11.2 Å². The van der Waals surface area contributed by atoms with Gasteiger partial charge in [-0.2, -0.15) is 0 Å². The molecule has 0 N–H and O–H groups in total. The molecule has 33 heavy (non-hydrogen) atoms. The van der Waals surface area contributed by atoms with Gasteiger partial charge in [-0.1, -0.05) is 103 Å². The Morgan fingerprint density at radius 1 is 0.576 bits per heavy atom. The third kappa shape index (κ3) is 3.68. The van der Waals surface area contributed by atoms with Crippen LogP contribution in [0.15, 0.2) is 118 Å². The van der Waals surface area contributed by atoms with Crippen molar-refractivity contribution in [2.75, 3.05) is 0 Å². The van der Waals surface area contributed by atoms with Crippen LogP contribution in [0, 0.1) is 0 Å². The average molecular weight is 430 g/mol. The number of hydrogen-bond acceptors (Lipinski definition) is 4. The maximum atomic E-state index is 13.9. The van der Waals surface area contributed by atoms with Gasteiger partial charge in [0.05, 0.1) is 5.39 Å². The van der Waals surface area contributed by atoms with Gasteiger partial charge < -0.3 is 4.42 Å². The van der Waals surface area contributed by atoms with Crippen molar-refractivity contribution >= 4 is 22.5 Å². The van der Waals surface area contributed by atoms with Gasteiger partial charge in [-0.3, -0.25) is 14.4 Å². The van der Waals surface area contributed by atoms with Crippen LogP contribution in [-0.2, 0) is 0 Å². The first-order valence-electron chi connectivity index (χ1n) is 10.5. The van der Waals surface area contributed by atoms with Gasteiger partial charge in [-0.25, -0.2) is 0 Å². The average Bonchev–Trinajstić information content (AvgIpc) is 2.89. The number of hydrogen-bond donors (Lipinski definition) is 0. The molecule has 5 rings (SSSR count). The predicted octanol–water partition coefficient (Wildman–Crippen LogP) is 5.92. The Balaban J connectivity index is 1.83. The molecule has 1 aromatic heterocycles. The first kappa shape index (κ1) is 20.3. The van der Waals surface area contributed by atoms with Gasteiger partial charge in [0, 0.05) is 22.3 Å². The molecule has 0 aliphatic heterocycles. The van der Waals surface area contributed by atoms with Crippen LogP contribution in [0.25, 0.3) is 22.3 Å². The second kappa shape index (κ2) is 8.52. The monoisotopic (exact) mass is 430 g/mol. The SMILES string of the molecule is O=C(c1ccccc1)c1c(-c2ccccc2)oc2cccc(C(=O)c3ccccc3)c2c1=O. The molecular formula is C29H18O4. The highest BCUT2D eigenvalue weighted by Crippen LogP contribution is 2.29. The Hall–Kier alpha value is -4.57. The van der Waals surface area contributed by atoms with Crippen LogP contribution in [-0.4, -0.2) is 11.6 Å². The van der Waals surface area contributed by atoms with Crippen LogP contribution in [0.3, 0.4) is 0 Å². The van der Waals surface area contributed by atoms with Gasteiger partial charge in [0.2, 0.25) is 11.2 Å². The van der Waals surface area contributed by atoms with E-state index in [2.05, 4.69) is 0 Å². The lowest BCUT2D eigenvalue weighted by Gasteiger charge is -2.12. The van der Waals surface area contributed by atoms with E-state index in [1.54, 1.807) is 84.9 Å². The van der Waals surface area contributed by atoms with Crippen LogP contribution in [0.1, 0.15) is 31.8 Å². The highest BCUT2D eigenvalue weighted by atomic mass is 16.3. The minimum absolute atomic E-state index is 0.0896. The molecule has 4 aromatic carbocycles. The maximum absolute atomic E-state index is 13.9. The molecule has 0 bridgehead atoms. The Morgan fingerprint density at radius 3 is 1.73 bits per heavy atom. The lowest BCUT2D eigenvalue weighted by atomic mass is 9.94. The number of benzene rings is 4. The number of rotatable bonds is 5. The largest absolute Gasteiger partial charge is 0.455 e. The lowest BCUT2D eigenvalue weighted by molar-refractivity contribution is 0.102. The van der Waals surface area contributed by atoms with Crippen molar-refractivity contribution in [3.8, 4) is 11.3 Å². The first-order valence-corrected chi connectivity index (χ1v) is 10.5. The summed E-state index contributed by atoms with van der Waals surface area (Å²) in [5, 5.41) is 0.102. The van der Waals surface area contributed by atoms with E-state index >= 15 is 0 Å². The fraction of sp³-hybridized carbons (Fsp3) is 0. The number of carbonyl (C=O) groups is 2. The van der Waals surface area contributed by atoms with Gasteiger partial charge >= 0.3 is 0 Å². The van der Waals surface area contributed by atoms with Gasteiger partial charge in [0.15, 0.2) is 5.78 Å². The summed E-state index contributed by atoms with van der Waals surface area (Å²) in [6, 6.07) is 31.3. The Bertz CT molecular complexity index is 1530. The summed E-state index contributed by atoms with van der Waals surface area (Å²) in [6.07, 6.45) is 0. The lowest BCUT2D eigenvalue weighted by Crippen LogP contribution is -2.20. The smallest absolute Gasteiger partial charge is 0.205 e. The number of ketones is 2. The van der Waals surface area contributed by atoms with Crippen molar-refractivity contribution in [1.82, 2.24) is 0 Å². The fourth-order valence-electron chi connectivity index (χ4n) is 3.91. The highest BCUT2D eigenvalue weighted by molar-refractivity contribution is 6.18. The van der Waals surface area contributed by atoms with Crippen LogP contribution in [0.4, 0.5) is 0 Å².